The minimum atomic E-state index is -0.866. The van der Waals surface area contributed by atoms with Gasteiger partial charge in [0.15, 0.2) is 11.6 Å². The van der Waals surface area contributed by atoms with Crippen LogP contribution in [-0.2, 0) is 11.2 Å². The molecule has 1 aromatic rings. The van der Waals surface area contributed by atoms with Crippen LogP contribution in [-0.4, -0.2) is 18.3 Å². The van der Waals surface area contributed by atoms with E-state index in [1.54, 1.807) is 30.4 Å². The van der Waals surface area contributed by atoms with Crippen molar-refractivity contribution in [1.29, 1.82) is 0 Å². The molecule has 182 valence electrons. The number of methoxy groups -OCH3 is 1. The Morgan fingerprint density at radius 3 is 2.38 bits per heavy atom. The lowest BCUT2D eigenvalue weighted by Crippen LogP contribution is -2.11. The highest BCUT2D eigenvalue weighted by molar-refractivity contribution is 5.67. The third-order valence-electron chi connectivity index (χ3n) is 5.35. The molecule has 1 N–H and O–H groups in total. The number of benzene rings is 1. The van der Waals surface area contributed by atoms with Gasteiger partial charge in [0.25, 0.3) is 0 Å². The average Bonchev–Trinajstić information content (AvgIpc) is 2.84. The molecular formula is C29H33F3O2. The Balaban J connectivity index is 0.00000281. The Morgan fingerprint density at radius 1 is 1.12 bits per heavy atom. The van der Waals surface area contributed by atoms with Crippen LogP contribution >= 0.6 is 0 Å². The highest BCUT2D eigenvalue weighted by Crippen LogP contribution is 2.31. The van der Waals surface area contributed by atoms with Gasteiger partial charge in [-0.15, -0.1) is 13.2 Å². The highest BCUT2D eigenvalue weighted by Gasteiger charge is 2.19. The lowest BCUT2D eigenvalue weighted by Gasteiger charge is -2.18. The molecule has 0 bridgehead atoms. The van der Waals surface area contributed by atoms with Gasteiger partial charge in [-0.25, -0.2) is 13.2 Å². The van der Waals surface area contributed by atoms with E-state index in [9.17, 15) is 18.3 Å². The molecule has 0 spiro atoms. The molecule has 1 atom stereocenters. The summed E-state index contributed by atoms with van der Waals surface area (Å²) in [5, 5.41) is 9.58. The van der Waals surface area contributed by atoms with E-state index < -0.39 is 23.6 Å². The van der Waals surface area contributed by atoms with Gasteiger partial charge in [0.1, 0.15) is 11.6 Å². The lowest BCUT2D eigenvalue weighted by atomic mass is 9.90. The van der Waals surface area contributed by atoms with Crippen molar-refractivity contribution in [3.63, 3.8) is 0 Å². The van der Waals surface area contributed by atoms with Gasteiger partial charge < -0.3 is 9.84 Å². The zero-order chi connectivity index (χ0) is 25.8. The number of hydrogen-bond acceptors (Lipinski definition) is 2. The first-order chi connectivity index (χ1) is 16.1. The Morgan fingerprint density at radius 2 is 1.79 bits per heavy atom. The summed E-state index contributed by atoms with van der Waals surface area (Å²) in [6.07, 6.45) is 7.83. The molecule has 5 heteroatoms. The van der Waals surface area contributed by atoms with Crippen molar-refractivity contribution in [3.8, 4) is 0 Å². The molecule has 1 aliphatic rings. The third kappa shape index (κ3) is 8.23. The van der Waals surface area contributed by atoms with Gasteiger partial charge >= 0.3 is 0 Å². The Hall–Kier alpha value is -3.31. The maximum atomic E-state index is 14.6. The fourth-order valence-electron chi connectivity index (χ4n) is 3.23. The first-order valence-electron chi connectivity index (χ1n) is 10.8. The first-order valence-corrected chi connectivity index (χ1v) is 10.8. The summed E-state index contributed by atoms with van der Waals surface area (Å²) in [6.45, 7) is 20.9. The van der Waals surface area contributed by atoms with Gasteiger partial charge in [0.2, 0.25) is 0 Å². The number of hydrogen-bond donors (Lipinski definition) is 1. The normalized spacial score (nSPS) is 15.7. The Kier molecular flexibility index (Phi) is 11.9. The van der Waals surface area contributed by atoms with E-state index in [2.05, 4.69) is 39.5 Å². The van der Waals surface area contributed by atoms with Gasteiger partial charge in [-0.2, -0.15) is 0 Å². The number of aryl methyl sites for hydroxylation is 1. The fraction of sp³-hybridized carbons (Fsp3) is 0.241. The van der Waals surface area contributed by atoms with E-state index in [1.165, 1.54) is 7.11 Å². The van der Waals surface area contributed by atoms with Crippen LogP contribution < -0.4 is 0 Å². The van der Waals surface area contributed by atoms with Gasteiger partial charge in [0, 0.05) is 17.2 Å². The molecule has 0 aromatic heterocycles. The van der Waals surface area contributed by atoms with Crippen molar-refractivity contribution in [2.45, 2.75) is 38.2 Å². The molecule has 1 unspecified atom stereocenters. The van der Waals surface area contributed by atoms with E-state index in [4.69, 9.17) is 4.74 Å². The number of halogens is 3. The Bertz CT molecular complexity index is 1030. The van der Waals surface area contributed by atoms with Gasteiger partial charge in [-0.05, 0) is 48.8 Å². The minimum Gasteiger partial charge on any atom is -0.497 e. The summed E-state index contributed by atoms with van der Waals surface area (Å²) in [5.41, 5.74) is 2.30. The largest absolute Gasteiger partial charge is 0.497 e. The van der Waals surface area contributed by atoms with Crippen LogP contribution in [0.15, 0.2) is 104 Å². The molecule has 2 rings (SSSR count). The molecule has 0 amide bonds. The van der Waals surface area contributed by atoms with Crippen molar-refractivity contribution < 1.29 is 23.0 Å². The zero-order valence-electron chi connectivity index (χ0n) is 19.8. The first kappa shape index (κ1) is 28.7. The Labute approximate surface area is 201 Å². The number of aliphatic hydroxyl groups is 1. The van der Waals surface area contributed by atoms with Gasteiger partial charge in [-0.3, -0.25) is 0 Å². The molecule has 0 saturated heterocycles. The van der Waals surface area contributed by atoms with Gasteiger partial charge in [0.05, 0.1) is 13.2 Å². The van der Waals surface area contributed by atoms with Crippen LogP contribution in [0.1, 0.15) is 36.8 Å². The summed E-state index contributed by atoms with van der Waals surface area (Å²) in [7, 11) is 1.38. The molecule has 0 saturated carbocycles. The van der Waals surface area contributed by atoms with Crippen LogP contribution in [0.3, 0.4) is 0 Å². The fourth-order valence-corrected chi connectivity index (χ4v) is 3.23. The zero-order valence-corrected chi connectivity index (χ0v) is 19.8. The topological polar surface area (TPSA) is 29.5 Å². The molecule has 0 radical (unpaired) electrons. The van der Waals surface area contributed by atoms with E-state index in [0.29, 0.717) is 36.8 Å². The minimum absolute atomic E-state index is 0.0838. The average molecular weight is 471 g/mol. The molecule has 0 aliphatic heterocycles. The van der Waals surface area contributed by atoms with Crippen LogP contribution in [0, 0.1) is 11.6 Å². The second-order valence-corrected chi connectivity index (χ2v) is 7.72. The van der Waals surface area contributed by atoms with Crippen molar-refractivity contribution in [3.05, 3.63) is 127 Å². The molecular weight excluding hydrogens is 437 g/mol. The van der Waals surface area contributed by atoms with Crippen LogP contribution in [0.4, 0.5) is 13.2 Å². The highest BCUT2D eigenvalue weighted by atomic mass is 19.2. The summed E-state index contributed by atoms with van der Waals surface area (Å²) in [5.74, 6) is -2.19. The van der Waals surface area contributed by atoms with Crippen molar-refractivity contribution >= 4 is 5.57 Å². The molecule has 0 heterocycles. The van der Waals surface area contributed by atoms with Crippen molar-refractivity contribution in [2.75, 3.05) is 7.11 Å². The van der Waals surface area contributed by atoms with Crippen LogP contribution in [0.5, 0.6) is 0 Å². The third-order valence-corrected chi connectivity index (χ3v) is 5.35. The number of aliphatic hydroxyl groups excluding tert-OH is 1. The summed E-state index contributed by atoms with van der Waals surface area (Å²) in [6, 6.07) is 3.17. The van der Waals surface area contributed by atoms with E-state index in [-0.39, 0.29) is 28.9 Å². The van der Waals surface area contributed by atoms with Crippen LogP contribution in [0.25, 0.3) is 5.57 Å². The summed E-state index contributed by atoms with van der Waals surface area (Å²) < 4.78 is 48.1. The number of allylic oxidation sites excluding steroid dienone is 8. The SMILES string of the molecule is C=C.C=C(/C=C\C(=C)C(=C)/C(F)=C\C(=C)OC)CCc1ccc(C2=CCC(O)CC2)c(F)c1F. The quantitative estimate of drug-likeness (QED) is 0.214. The molecule has 1 aromatic carbocycles. The lowest BCUT2D eigenvalue weighted by molar-refractivity contribution is 0.166. The van der Waals surface area contributed by atoms with E-state index in [1.807, 2.05) is 0 Å². The summed E-state index contributed by atoms with van der Waals surface area (Å²) in [4.78, 5) is 0. The molecule has 0 fully saturated rings. The molecule has 1 aliphatic carbocycles. The monoisotopic (exact) mass is 470 g/mol. The standard InChI is InChI=1S/C27H29F3O2.C2H4/c1-17(6-8-18(2)20(4)25(28)16-19(3)32-5)7-9-22-12-15-24(27(30)26(22)29)21-10-13-23(31)14-11-21;1-2/h6,8,10,12,15-16,23,31H,1-4,7,9,11,13-14H2,5H3;1-2H2/b8-6-,25-16+;. The smallest absolute Gasteiger partial charge is 0.166 e. The van der Waals surface area contributed by atoms with Crippen LogP contribution in [0.2, 0.25) is 0 Å². The predicted octanol–water partition coefficient (Wildman–Crippen LogP) is 7.87. The maximum Gasteiger partial charge on any atom is 0.166 e. The van der Waals surface area contributed by atoms with E-state index in [0.717, 1.165) is 11.6 Å². The van der Waals surface area contributed by atoms with Gasteiger partial charge in [-0.1, -0.05) is 62.2 Å². The summed E-state index contributed by atoms with van der Waals surface area (Å²) >= 11 is 0. The van der Waals surface area contributed by atoms with Crippen molar-refractivity contribution in [1.82, 2.24) is 0 Å². The van der Waals surface area contributed by atoms with Crippen molar-refractivity contribution in [2.24, 2.45) is 0 Å². The number of rotatable bonds is 10. The van der Waals surface area contributed by atoms with E-state index >= 15 is 0 Å². The maximum absolute atomic E-state index is 14.6. The second kappa shape index (κ2) is 14.1. The number of ether oxygens (including phenoxy) is 1. The molecule has 2 nitrogen and oxygen atoms in total. The molecule has 34 heavy (non-hydrogen) atoms. The second-order valence-electron chi connectivity index (χ2n) is 7.72. The predicted molar refractivity (Wildman–Crippen MR) is 136 cm³/mol.